The number of hydrogen-bond acceptors (Lipinski definition) is 4. The van der Waals surface area contributed by atoms with E-state index in [-0.39, 0.29) is 11.2 Å². The van der Waals surface area contributed by atoms with Crippen LogP contribution in [0.2, 0.25) is 0 Å². The van der Waals surface area contributed by atoms with Crippen molar-refractivity contribution in [3.05, 3.63) is 71.5 Å². The zero-order chi connectivity index (χ0) is 19.5. The summed E-state index contributed by atoms with van der Waals surface area (Å²) in [5, 5.41) is 8.89. The molecule has 0 bridgehead atoms. The van der Waals surface area contributed by atoms with Gasteiger partial charge in [-0.1, -0.05) is 54.2 Å². The van der Waals surface area contributed by atoms with Crippen molar-refractivity contribution >= 4 is 17.7 Å². The molecule has 28 heavy (non-hydrogen) atoms. The number of carbonyl (C=O) groups excluding carboxylic acids is 1. The first-order valence-electron chi connectivity index (χ1n) is 9.61. The molecule has 3 aromatic rings. The molecule has 0 spiro atoms. The van der Waals surface area contributed by atoms with Gasteiger partial charge in [-0.05, 0) is 49.4 Å². The van der Waals surface area contributed by atoms with Crippen LogP contribution in [0.3, 0.4) is 0 Å². The summed E-state index contributed by atoms with van der Waals surface area (Å²) in [5.74, 6) is 0.157. The summed E-state index contributed by atoms with van der Waals surface area (Å²) in [7, 11) is 0. The predicted molar refractivity (Wildman–Crippen MR) is 112 cm³/mol. The number of aromatic nitrogens is 3. The van der Waals surface area contributed by atoms with Crippen LogP contribution in [-0.4, -0.2) is 38.7 Å². The van der Waals surface area contributed by atoms with E-state index in [9.17, 15) is 4.79 Å². The van der Waals surface area contributed by atoms with E-state index >= 15 is 0 Å². The molecule has 6 heteroatoms. The molecule has 0 radical (unpaired) electrons. The fourth-order valence-corrected chi connectivity index (χ4v) is 4.65. The molecule has 0 unspecified atom stereocenters. The number of amides is 1. The van der Waals surface area contributed by atoms with E-state index < -0.39 is 0 Å². The average Bonchev–Trinajstić information content (AvgIpc) is 3.40. The van der Waals surface area contributed by atoms with Crippen molar-refractivity contribution in [2.45, 2.75) is 37.1 Å². The Morgan fingerprint density at radius 1 is 1.07 bits per heavy atom. The first kappa shape index (κ1) is 18.7. The Morgan fingerprint density at radius 3 is 2.57 bits per heavy atom. The number of rotatable bonds is 5. The van der Waals surface area contributed by atoms with E-state index in [0.29, 0.717) is 0 Å². The zero-order valence-electron chi connectivity index (χ0n) is 16.2. The van der Waals surface area contributed by atoms with Crippen molar-refractivity contribution in [2.75, 3.05) is 13.1 Å². The fraction of sp³-hybridized carbons (Fsp3) is 0.318. The van der Waals surface area contributed by atoms with Crippen LogP contribution in [0.25, 0.3) is 5.69 Å². The van der Waals surface area contributed by atoms with Gasteiger partial charge < -0.3 is 4.90 Å². The number of hydrogen-bond donors (Lipinski definition) is 0. The van der Waals surface area contributed by atoms with Crippen molar-refractivity contribution < 1.29 is 4.79 Å². The standard InChI is InChI=1S/C22H24N4OS/c1-16-10-11-17(2)19(14-16)26-15-23-24-22(26)28-20(18-8-4-3-5-9-18)21(27)25-12-6-7-13-25/h3-5,8-11,14-15,20H,6-7,12-13H2,1-2H3/t20-/m1/s1. The summed E-state index contributed by atoms with van der Waals surface area (Å²) in [6.07, 6.45) is 3.89. The monoisotopic (exact) mass is 392 g/mol. The molecule has 1 saturated heterocycles. The average molecular weight is 393 g/mol. The first-order chi connectivity index (χ1) is 13.6. The van der Waals surface area contributed by atoms with Gasteiger partial charge in [0, 0.05) is 13.1 Å². The number of likely N-dealkylation sites (tertiary alicyclic amines) is 1. The Balaban J connectivity index is 1.69. The molecule has 1 aromatic heterocycles. The van der Waals surface area contributed by atoms with Crippen LogP contribution < -0.4 is 0 Å². The first-order valence-corrected chi connectivity index (χ1v) is 10.5. The maximum Gasteiger partial charge on any atom is 0.240 e. The van der Waals surface area contributed by atoms with E-state index in [4.69, 9.17) is 0 Å². The molecule has 2 aromatic carbocycles. The summed E-state index contributed by atoms with van der Waals surface area (Å²) in [6.45, 7) is 5.83. The molecule has 0 N–H and O–H groups in total. The molecule has 2 heterocycles. The Labute approximate surface area is 169 Å². The highest BCUT2D eigenvalue weighted by Crippen LogP contribution is 2.37. The smallest absolute Gasteiger partial charge is 0.240 e. The van der Waals surface area contributed by atoms with Crippen molar-refractivity contribution in [3.8, 4) is 5.69 Å². The van der Waals surface area contributed by atoms with E-state index in [1.807, 2.05) is 39.8 Å². The number of aryl methyl sites for hydroxylation is 2. The van der Waals surface area contributed by atoms with Crippen molar-refractivity contribution in [3.63, 3.8) is 0 Å². The van der Waals surface area contributed by atoms with Gasteiger partial charge in [0.2, 0.25) is 5.91 Å². The van der Waals surface area contributed by atoms with Crippen LogP contribution in [0.5, 0.6) is 0 Å². The Bertz CT molecular complexity index is 964. The van der Waals surface area contributed by atoms with Crippen LogP contribution in [0.1, 0.15) is 34.8 Å². The Hall–Kier alpha value is -2.60. The van der Waals surface area contributed by atoms with Gasteiger partial charge in [-0.15, -0.1) is 10.2 Å². The zero-order valence-corrected chi connectivity index (χ0v) is 17.0. The third-order valence-electron chi connectivity index (χ3n) is 5.11. The second kappa shape index (κ2) is 8.19. The molecule has 1 aliphatic rings. The van der Waals surface area contributed by atoms with Crippen molar-refractivity contribution in [1.82, 2.24) is 19.7 Å². The van der Waals surface area contributed by atoms with E-state index in [0.717, 1.165) is 47.9 Å². The number of nitrogens with zero attached hydrogens (tertiary/aromatic N) is 4. The molecular weight excluding hydrogens is 368 g/mol. The molecule has 1 aliphatic heterocycles. The second-order valence-corrected chi connectivity index (χ2v) is 8.29. The summed E-state index contributed by atoms with van der Waals surface area (Å²) in [6, 6.07) is 16.3. The third kappa shape index (κ3) is 3.83. The van der Waals surface area contributed by atoms with Gasteiger partial charge in [0.25, 0.3) is 0 Å². The Kier molecular flexibility index (Phi) is 5.48. The highest BCUT2D eigenvalue weighted by Gasteiger charge is 2.30. The lowest BCUT2D eigenvalue weighted by Crippen LogP contribution is -2.31. The lowest BCUT2D eigenvalue weighted by atomic mass is 10.1. The number of thioether (sulfide) groups is 1. The van der Waals surface area contributed by atoms with Gasteiger partial charge in [0.15, 0.2) is 5.16 Å². The van der Waals surface area contributed by atoms with Crippen molar-refractivity contribution in [1.29, 1.82) is 0 Å². The SMILES string of the molecule is Cc1ccc(C)c(-n2cnnc2S[C@@H](C(=O)N2CCCC2)c2ccccc2)c1. The molecule has 0 saturated carbocycles. The van der Waals surface area contributed by atoms with Gasteiger partial charge in [-0.2, -0.15) is 0 Å². The quantitative estimate of drug-likeness (QED) is 0.606. The minimum atomic E-state index is -0.327. The van der Waals surface area contributed by atoms with Crippen LogP contribution in [0, 0.1) is 13.8 Å². The summed E-state index contributed by atoms with van der Waals surface area (Å²) >= 11 is 1.48. The van der Waals surface area contributed by atoms with E-state index in [1.165, 1.54) is 17.3 Å². The largest absolute Gasteiger partial charge is 0.341 e. The molecule has 4 rings (SSSR count). The van der Waals surface area contributed by atoms with Gasteiger partial charge in [0.1, 0.15) is 11.6 Å². The minimum absolute atomic E-state index is 0.157. The van der Waals surface area contributed by atoms with Crippen LogP contribution in [0.4, 0.5) is 0 Å². The summed E-state index contributed by atoms with van der Waals surface area (Å²) in [4.78, 5) is 15.3. The lowest BCUT2D eigenvalue weighted by Gasteiger charge is -2.23. The molecule has 144 valence electrons. The molecule has 1 amide bonds. The van der Waals surface area contributed by atoms with Gasteiger partial charge in [0.05, 0.1) is 5.69 Å². The van der Waals surface area contributed by atoms with Crippen LogP contribution in [-0.2, 0) is 4.79 Å². The van der Waals surface area contributed by atoms with Gasteiger partial charge in [-0.3, -0.25) is 9.36 Å². The van der Waals surface area contributed by atoms with E-state index in [1.54, 1.807) is 6.33 Å². The lowest BCUT2D eigenvalue weighted by molar-refractivity contribution is -0.129. The topological polar surface area (TPSA) is 51.0 Å². The second-order valence-electron chi connectivity index (χ2n) is 7.21. The minimum Gasteiger partial charge on any atom is -0.341 e. The summed E-state index contributed by atoms with van der Waals surface area (Å²) < 4.78 is 1.99. The van der Waals surface area contributed by atoms with Crippen molar-refractivity contribution in [2.24, 2.45) is 0 Å². The molecule has 1 fully saturated rings. The number of carbonyl (C=O) groups is 1. The van der Waals surface area contributed by atoms with Gasteiger partial charge >= 0.3 is 0 Å². The maximum absolute atomic E-state index is 13.3. The Morgan fingerprint density at radius 2 is 1.82 bits per heavy atom. The highest BCUT2D eigenvalue weighted by molar-refractivity contribution is 8.00. The summed E-state index contributed by atoms with van der Waals surface area (Å²) in [5.41, 5.74) is 4.38. The molecule has 0 aliphatic carbocycles. The predicted octanol–water partition coefficient (Wildman–Crippen LogP) is 4.34. The number of benzene rings is 2. The highest BCUT2D eigenvalue weighted by atomic mass is 32.2. The normalized spacial score (nSPS) is 15.0. The van der Waals surface area contributed by atoms with E-state index in [2.05, 4.69) is 42.2 Å². The third-order valence-corrected chi connectivity index (χ3v) is 6.31. The van der Waals surface area contributed by atoms with Gasteiger partial charge in [-0.25, -0.2) is 0 Å². The van der Waals surface area contributed by atoms with Crippen LogP contribution >= 0.6 is 11.8 Å². The maximum atomic E-state index is 13.3. The van der Waals surface area contributed by atoms with Crippen LogP contribution in [0.15, 0.2) is 60.0 Å². The molecular formula is C22H24N4OS. The fourth-order valence-electron chi connectivity index (χ4n) is 3.55. The molecule has 5 nitrogen and oxygen atoms in total. The molecule has 1 atom stereocenters.